The average Bonchev–Trinajstić information content (AvgIpc) is 1.56. The van der Waals surface area contributed by atoms with Gasteiger partial charge in [-0.1, -0.05) is 0 Å². The molecule has 0 saturated heterocycles. The number of sulfone groups is 1. The van der Waals surface area contributed by atoms with Crippen LogP contribution in [0.15, 0.2) is 0 Å². The zero-order chi connectivity index (χ0) is 9.28. The second-order valence-corrected chi connectivity index (χ2v) is 6.35. The van der Waals surface area contributed by atoms with E-state index < -0.39 is 31.0 Å². The topological polar surface area (TPSA) is 88.5 Å². The van der Waals surface area contributed by atoms with Gasteiger partial charge in [-0.25, -0.2) is 8.42 Å². The molecule has 0 heterocycles. The minimum atomic E-state index is -4.19. The highest BCUT2D eigenvalue weighted by atomic mass is 32.2. The van der Waals surface area contributed by atoms with Gasteiger partial charge in [0.15, 0.2) is 9.84 Å². The molecule has 0 aromatic carbocycles. The Labute approximate surface area is 66.1 Å². The van der Waals surface area contributed by atoms with E-state index in [9.17, 15) is 16.8 Å². The van der Waals surface area contributed by atoms with Gasteiger partial charge in [-0.05, 0) is 6.92 Å². The van der Waals surface area contributed by atoms with Gasteiger partial charge in [0, 0.05) is 6.26 Å². The SMILES string of the molecule is CC(CS(=O)(=O)O)S(C)(=O)=O. The molecule has 1 N–H and O–H groups in total. The molecule has 0 aromatic heterocycles. The normalized spacial score (nSPS) is 16.3. The monoisotopic (exact) mass is 202 g/mol. The fraction of sp³-hybridized carbons (Fsp3) is 1.00. The molecular weight excluding hydrogens is 192 g/mol. The molecule has 0 amide bonds. The summed E-state index contributed by atoms with van der Waals surface area (Å²) in [6, 6.07) is 0. The summed E-state index contributed by atoms with van der Waals surface area (Å²) in [4.78, 5) is 0. The van der Waals surface area contributed by atoms with Crippen molar-refractivity contribution in [3.63, 3.8) is 0 Å². The highest BCUT2D eigenvalue weighted by Crippen LogP contribution is 2.00. The van der Waals surface area contributed by atoms with E-state index in [1.165, 1.54) is 6.92 Å². The van der Waals surface area contributed by atoms with Crippen LogP contribution in [0.4, 0.5) is 0 Å². The molecule has 1 unspecified atom stereocenters. The third-order valence-electron chi connectivity index (χ3n) is 1.18. The van der Waals surface area contributed by atoms with Gasteiger partial charge in [0.05, 0.1) is 11.0 Å². The minimum Gasteiger partial charge on any atom is -0.286 e. The van der Waals surface area contributed by atoms with Gasteiger partial charge in [0.25, 0.3) is 10.1 Å². The fourth-order valence-corrected chi connectivity index (χ4v) is 2.52. The second-order valence-electron chi connectivity index (χ2n) is 2.39. The van der Waals surface area contributed by atoms with E-state index in [0.717, 1.165) is 6.26 Å². The Morgan fingerprint density at radius 3 is 1.73 bits per heavy atom. The van der Waals surface area contributed by atoms with Gasteiger partial charge in [0.1, 0.15) is 0 Å². The van der Waals surface area contributed by atoms with Gasteiger partial charge < -0.3 is 0 Å². The van der Waals surface area contributed by atoms with Crippen molar-refractivity contribution in [1.82, 2.24) is 0 Å². The molecule has 0 aromatic rings. The van der Waals surface area contributed by atoms with Crippen LogP contribution >= 0.6 is 0 Å². The molecule has 68 valence electrons. The van der Waals surface area contributed by atoms with Crippen molar-refractivity contribution in [2.75, 3.05) is 12.0 Å². The van der Waals surface area contributed by atoms with E-state index in [-0.39, 0.29) is 0 Å². The lowest BCUT2D eigenvalue weighted by Gasteiger charge is -2.05. The second kappa shape index (κ2) is 3.08. The molecule has 0 fully saturated rings. The van der Waals surface area contributed by atoms with E-state index in [1.807, 2.05) is 0 Å². The van der Waals surface area contributed by atoms with Gasteiger partial charge in [-0.3, -0.25) is 4.55 Å². The van der Waals surface area contributed by atoms with Crippen molar-refractivity contribution < 1.29 is 21.4 Å². The summed E-state index contributed by atoms with van der Waals surface area (Å²) >= 11 is 0. The molecule has 7 heteroatoms. The van der Waals surface area contributed by atoms with Crippen LogP contribution in [0.3, 0.4) is 0 Å². The Morgan fingerprint density at radius 2 is 1.64 bits per heavy atom. The summed E-state index contributed by atoms with van der Waals surface area (Å²) in [6.07, 6.45) is 0.919. The van der Waals surface area contributed by atoms with E-state index >= 15 is 0 Å². The van der Waals surface area contributed by atoms with Crippen molar-refractivity contribution in [3.8, 4) is 0 Å². The van der Waals surface area contributed by atoms with Crippen molar-refractivity contribution in [2.24, 2.45) is 0 Å². The molecule has 5 nitrogen and oxygen atoms in total. The molecule has 0 aliphatic carbocycles. The highest BCUT2D eigenvalue weighted by molar-refractivity contribution is 7.93. The summed E-state index contributed by atoms with van der Waals surface area (Å²) in [5.41, 5.74) is 0. The van der Waals surface area contributed by atoms with Gasteiger partial charge in [0.2, 0.25) is 0 Å². The highest BCUT2D eigenvalue weighted by Gasteiger charge is 2.20. The predicted molar refractivity (Wildman–Crippen MR) is 40.7 cm³/mol. The third-order valence-corrected chi connectivity index (χ3v) is 3.94. The van der Waals surface area contributed by atoms with Crippen molar-refractivity contribution in [2.45, 2.75) is 12.2 Å². The molecule has 0 aliphatic heterocycles. The molecule has 11 heavy (non-hydrogen) atoms. The fourth-order valence-electron chi connectivity index (χ4n) is 0.420. The molecule has 0 aliphatic rings. The zero-order valence-corrected chi connectivity index (χ0v) is 7.81. The Balaban J connectivity index is 4.47. The largest absolute Gasteiger partial charge is 0.286 e. The van der Waals surface area contributed by atoms with Crippen LogP contribution in [0.1, 0.15) is 6.92 Å². The van der Waals surface area contributed by atoms with Crippen LogP contribution < -0.4 is 0 Å². The minimum absolute atomic E-state index is 0.744. The zero-order valence-electron chi connectivity index (χ0n) is 6.18. The molecular formula is C4H10O5S2. The maximum atomic E-state index is 10.6. The van der Waals surface area contributed by atoms with Gasteiger partial charge >= 0.3 is 0 Å². The molecule has 0 saturated carbocycles. The van der Waals surface area contributed by atoms with E-state index in [0.29, 0.717) is 0 Å². The average molecular weight is 202 g/mol. The Morgan fingerprint density at radius 1 is 1.27 bits per heavy atom. The van der Waals surface area contributed by atoms with Crippen LogP contribution in [0.2, 0.25) is 0 Å². The Kier molecular flexibility index (Phi) is 3.04. The van der Waals surface area contributed by atoms with Crippen molar-refractivity contribution in [1.29, 1.82) is 0 Å². The molecule has 1 atom stereocenters. The number of hydrogen-bond acceptors (Lipinski definition) is 4. The van der Waals surface area contributed by atoms with E-state index in [4.69, 9.17) is 4.55 Å². The first-order chi connectivity index (χ1) is 4.63. The Bertz CT molecular complexity index is 310. The lowest BCUT2D eigenvalue weighted by Crippen LogP contribution is -2.25. The standard InChI is InChI=1S/C4H10O5S2/c1-4(10(2,5)6)3-11(7,8)9/h4H,3H2,1-2H3,(H,7,8,9). The summed E-state index contributed by atoms with van der Waals surface area (Å²) in [5, 5.41) is -1.06. The molecule has 0 rings (SSSR count). The lowest BCUT2D eigenvalue weighted by atomic mass is 10.6. The van der Waals surface area contributed by atoms with Crippen molar-refractivity contribution in [3.05, 3.63) is 0 Å². The van der Waals surface area contributed by atoms with Crippen LogP contribution in [-0.2, 0) is 20.0 Å². The Hall–Kier alpha value is -0.140. The first-order valence-corrected chi connectivity index (χ1v) is 6.33. The van der Waals surface area contributed by atoms with Crippen molar-refractivity contribution >= 4 is 20.0 Å². The summed E-state index contributed by atoms with van der Waals surface area (Å²) < 4.78 is 49.9. The summed E-state index contributed by atoms with van der Waals surface area (Å²) in [6.45, 7) is 1.23. The van der Waals surface area contributed by atoms with E-state index in [1.54, 1.807) is 0 Å². The van der Waals surface area contributed by atoms with Crippen LogP contribution in [0.25, 0.3) is 0 Å². The third kappa shape index (κ3) is 5.16. The number of rotatable bonds is 3. The van der Waals surface area contributed by atoms with E-state index in [2.05, 4.69) is 0 Å². The summed E-state index contributed by atoms with van der Waals surface area (Å²) in [7, 11) is -7.56. The maximum Gasteiger partial charge on any atom is 0.266 e. The van der Waals surface area contributed by atoms with Crippen LogP contribution in [0.5, 0.6) is 0 Å². The van der Waals surface area contributed by atoms with Crippen LogP contribution in [-0.4, -0.2) is 38.6 Å². The number of hydrogen-bond donors (Lipinski definition) is 1. The lowest BCUT2D eigenvalue weighted by molar-refractivity contribution is 0.481. The summed E-state index contributed by atoms with van der Waals surface area (Å²) in [5.74, 6) is -0.744. The smallest absolute Gasteiger partial charge is 0.266 e. The first kappa shape index (κ1) is 10.9. The maximum absolute atomic E-state index is 10.6. The van der Waals surface area contributed by atoms with Gasteiger partial charge in [-0.2, -0.15) is 8.42 Å². The molecule has 0 spiro atoms. The molecule has 0 bridgehead atoms. The van der Waals surface area contributed by atoms with Crippen LogP contribution in [0, 0.1) is 0 Å². The first-order valence-electron chi connectivity index (χ1n) is 2.77. The predicted octanol–water partition coefficient (Wildman–Crippen LogP) is -0.693. The quantitative estimate of drug-likeness (QED) is 0.612. The molecule has 0 radical (unpaired) electrons. The van der Waals surface area contributed by atoms with Gasteiger partial charge in [-0.15, -0.1) is 0 Å².